The molecule has 0 aliphatic carbocycles. The quantitative estimate of drug-likeness (QED) is 0.811. The summed E-state index contributed by atoms with van der Waals surface area (Å²) in [4.78, 5) is 3.77. The Balaban J connectivity index is 1.91. The average Bonchev–Trinajstić information content (AvgIpc) is 2.90. The van der Waals surface area contributed by atoms with E-state index in [1.807, 2.05) is 66.3 Å². The number of hydrogen-bond donors (Lipinski definition) is 0. The van der Waals surface area contributed by atoms with Gasteiger partial charge in [0.25, 0.3) is 0 Å². The van der Waals surface area contributed by atoms with Gasteiger partial charge in [0.05, 0.1) is 0 Å². The number of aromatic nitrogens is 1. The van der Waals surface area contributed by atoms with Gasteiger partial charge in [-0.2, -0.15) is 0 Å². The Labute approximate surface area is 134 Å². The first-order valence-corrected chi connectivity index (χ1v) is 7.37. The van der Waals surface area contributed by atoms with E-state index in [0.29, 0.717) is 24.3 Å². The van der Waals surface area contributed by atoms with Crippen LogP contribution in [-0.4, -0.2) is 35.7 Å². The summed E-state index contributed by atoms with van der Waals surface area (Å²) in [5, 5.41) is 4.76. The molecular weight excluding hydrogens is 298 g/mol. The molecule has 6 heteroatoms. The third kappa shape index (κ3) is 2.88. The standard InChI is InChI=1S/C16H17N3O2S/c1-12-15(19-11-20-10-18(2)16(19)22)14(21-17-12)9-8-13-6-4-3-5-7-13/h3-9H,10-11H2,1-2H3/b9-8+. The number of benzene rings is 1. The van der Waals surface area contributed by atoms with Gasteiger partial charge in [-0.05, 0) is 30.8 Å². The maximum absolute atomic E-state index is 5.53. The molecule has 1 aliphatic heterocycles. The van der Waals surface area contributed by atoms with Crippen molar-refractivity contribution in [3.8, 4) is 0 Å². The zero-order valence-electron chi connectivity index (χ0n) is 12.5. The largest absolute Gasteiger partial charge is 0.354 e. The summed E-state index contributed by atoms with van der Waals surface area (Å²) >= 11 is 5.47. The van der Waals surface area contributed by atoms with E-state index in [1.54, 1.807) is 0 Å². The third-order valence-corrected chi connectivity index (χ3v) is 3.95. The molecule has 22 heavy (non-hydrogen) atoms. The highest BCUT2D eigenvalue weighted by atomic mass is 32.1. The number of aryl methyl sites for hydroxylation is 1. The van der Waals surface area contributed by atoms with E-state index in [9.17, 15) is 0 Å². The monoisotopic (exact) mass is 315 g/mol. The molecule has 2 aromatic rings. The van der Waals surface area contributed by atoms with Crippen molar-refractivity contribution >= 4 is 35.2 Å². The van der Waals surface area contributed by atoms with Gasteiger partial charge in [-0.15, -0.1) is 0 Å². The minimum atomic E-state index is 0.400. The van der Waals surface area contributed by atoms with Crippen molar-refractivity contribution in [2.75, 3.05) is 25.4 Å². The molecule has 0 saturated carbocycles. The number of nitrogens with zero attached hydrogens (tertiary/aromatic N) is 3. The van der Waals surface area contributed by atoms with Crippen molar-refractivity contribution in [2.24, 2.45) is 0 Å². The van der Waals surface area contributed by atoms with Crippen LogP contribution in [0.1, 0.15) is 17.0 Å². The minimum absolute atomic E-state index is 0.400. The van der Waals surface area contributed by atoms with E-state index in [1.165, 1.54) is 0 Å². The molecule has 1 aromatic carbocycles. The topological polar surface area (TPSA) is 41.7 Å². The number of ether oxygens (including phenoxy) is 1. The second kappa shape index (κ2) is 6.29. The molecule has 0 spiro atoms. The Hall–Kier alpha value is -2.18. The van der Waals surface area contributed by atoms with Gasteiger partial charge in [0.1, 0.15) is 24.8 Å². The van der Waals surface area contributed by atoms with Gasteiger partial charge in [0.2, 0.25) is 0 Å². The normalized spacial score (nSPS) is 15.8. The van der Waals surface area contributed by atoms with Gasteiger partial charge in [0, 0.05) is 7.05 Å². The molecule has 5 nitrogen and oxygen atoms in total. The van der Waals surface area contributed by atoms with Crippen molar-refractivity contribution in [3.63, 3.8) is 0 Å². The number of thiocarbonyl (C=S) groups is 1. The first-order valence-electron chi connectivity index (χ1n) is 6.96. The predicted octanol–water partition coefficient (Wildman–Crippen LogP) is 3.12. The Bertz CT molecular complexity index is 697. The smallest absolute Gasteiger partial charge is 0.183 e. The van der Waals surface area contributed by atoms with Crippen LogP contribution in [0.4, 0.5) is 5.69 Å². The van der Waals surface area contributed by atoms with Crippen LogP contribution in [0.25, 0.3) is 12.2 Å². The minimum Gasteiger partial charge on any atom is -0.354 e. The molecule has 0 atom stereocenters. The number of anilines is 1. The van der Waals surface area contributed by atoms with Crippen LogP contribution >= 0.6 is 12.2 Å². The predicted molar refractivity (Wildman–Crippen MR) is 90.3 cm³/mol. The molecule has 1 saturated heterocycles. The highest BCUT2D eigenvalue weighted by Crippen LogP contribution is 2.29. The van der Waals surface area contributed by atoms with Crippen LogP contribution in [0.5, 0.6) is 0 Å². The van der Waals surface area contributed by atoms with Crippen molar-refractivity contribution < 1.29 is 9.26 Å². The molecule has 0 amide bonds. The molecule has 1 aliphatic rings. The average molecular weight is 315 g/mol. The SMILES string of the molecule is Cc1noc(/C=C/c2ccccc2)c1N1COCN(C)C1=S. The molecule has 3 rings (SSSR count). The van der Waals surface area contributed by atoms with Gasteiger partial charge in [-0.3, -0.25) is 4.90 Å². The molecule has 114 valence electrons. The molecule has 1 fully saturated rings. The molecule has 0 bridgehead atoms. The summed E-state index contributed by atoms with van der Waals surface area (Å²) in [6, 6.07) is 10.0. The van der Waals surface area contributed by atoms with Crippen LogP contribution < -0.4 is 4.90 Å². The lowest BCUT2D eigenvalue weighted by Crippen LogP contribution is -2.49. The van der Waals surface area contributed by atoms with Crippen molar-refractivity contribution in [1.82, 2.24) is 10.1 Å². The van der Waals surface area contributed by atoms with Gasteiger partial charge >= 0.3 is 0 Å². The lowest BCUT2D eigenvalue weighted by molar-refractivity contribution is 0.0611. The lowest BCUT2D eigenvalue weighted by atomic mass is 10.2. The van der Waals surface area contributed by atoms with Crippen LogP contribution in [0, 0.1) is 6.92 Å². The molecule has 0 radical (unpaired) electrons. The van der Waals surface area contributed by atoms with Crippen LogP contribution in [0.15, 0.2) is 34.9 Å². The Kier molecular flexibility index (Phi) is 4.22. The molecule has 0 N–H and O–H groups in total. The number of hydrogen-bond acceptors (Lipinski definition) is 4. The van der Waals surface area contributed by atoms with Crippen LogP contribution in [-0.2, 0) is 4.74 Å². The van der Waals surface area contributed by atoms with Gasteiger partial charge < -0.3 is 14.2 Å². The van der Waals surface area contributed by atoms with E-state index in [-0.39, 0.29) is 0 Å². The van der Waals surface area contributed by atoms with E-state index in [0.717, 1.165) is 16.9 Å². The molecule has 2 heterocycles. The van der Waals surface area contributed by atoms with E-state index < -0.39 is 0 Å². The van der Waals surface area contributed by atoms with Crippen LogP contribution in [0.2, 0.25) is 0 Å². The summed E-state index contributed by atoms with van der Waals surface area (Å²) in [5.74, 6) is 0.669. The Morgan fingerprint density at radius 1 is 1.18 bits per heavy atom. The first-order chi connectivity index (χ1) is 10.7. The Morgan fingerprint density at radius 3 is 2.73 bits per heavy atom. The maximum atomic E-state index is 5.53. The number of rotatable bonds is 3. The van der Waals surface area contributed by atoms with Gasteiger partial charge in [0.15, 0.2) is 10.9 Å². The first kappa shape index (κ1) is 14.7. The summed E-state index contributed by atoms with van der Waals surface area (Å²) in [6.07, 6.45) is 3.89. The summed E-state index contributed by atoms with van der Waals surface area (Å²) in [6.45, 7) is 2.79. The van der Waals surface area contributed by atoms with Crippen LogP contribution in [0.3, 0.4) is 0 Å². The maximum Gasteiger partial charge on any atom is 0.183 e. The fourth-order valence-electron chi connectivity index (χ4n) is 2.30. The highest BCUT2D eigenvalue weighted by Gasteiger charge is 2.26. The van der Waals surface area contributed by atoms with Gasteiger partial charge in [-0.25, -0.2) is 0 Å². The summed E-state index contributed by atoms with van der Waals surface area (Å²) in [7, 11) is 1.90. The second-order valence-corrected chi connectivity index (χ2v) is 5.46. The fourth-order valence-corrected chi connectivity index (χ4v) is 2.50. The molecule has 0 unspecified atom stereocenters. The Morgan fingerprint density at radius 2 is 1.95 bits per heavy atom. The zero-order chi connectivity index (χ0) is 15.5. The molecular formula is C16H17N3O2S. The van der Waals surface area contributed by atoms with E-state index >= 15 is 0 Å². The fraction of sp³-hybridized carbons (Fsp3) is 0.250. The van der Waals surface area contributed by atoms with E-state index in [4.69, 9.17) is 21.5 Å². The summed E-state index contributed by atoms with van der Waals surface area (Å²) < 4.78 is 11.0. The highest BCUT2D eigenvalue weighted by molar-refractivity contribution is 7.80. The van der Waals surface area contributed by atoms with Gasteiger partial charge in [-0.1, -0.05) is 41.6 Å². The second-order valence-electron chi connectivity index (χ2n) is 5.10. The van der Waals surface area contributed by atoms with Crippen molar-refractivity contribution in [3.05, 3.63) is 47.3 Å². The molecule has 1 aromatic heterocycles. The summed E-state index contributed by atoms with van der Waals surface area (Å²) in [5.41, 5.74) is 2.73. The lowest BCUT2D eigenvalue weighted by Gasteiger charge is -2.35. The zero-order valence-corrected chi connectivity index (χ0v) is 13.3. The third-order valence-electron chi connectivity index (χ3n) is 3.42. The van der Waals surface area contributed by atoms with Crippen molar-refractivity contribution in [1.29, 1.82) is 0 Å². The van der Waals surface area contributed by atoms with Crippen molar-refractivity contribution in [2.45, 2.75) is 6.92 Å². The van der Waals surface area contributed by atoms with E-state index in [2.05, 4.69) is 5.16 Å².